The highest BCUT2D eigenvalue weighted by molar-refractivity contribution is 7.09. The van der Waals surface area contributed by atoms with E-state index in [-0.39, 0.29) is 6.61 Å². The third kappa shape index (κ3) is 3.12. The molecule has 0 aliphatic rings. The topological polar surface area (TPSA) is 29.5 Å². The van der Waals surface area contributed by atoms with E-state index < -0.39 is 0 Å². The average Bonchev–Trinajstić information content (AvgIpc) is 2.85. The van der Waals surface area contributed by atoms with Crippen molar-refractivity contribution in [2.45, 2.75) is 26.9 Å². The molecule has 0 amide bonds. The quantitative estimate of drug-likeness (QED) is 0.894. The molecule has 0 bridgehead atoms. The monoisotopic (exact) mass is 262 g/mol. The van der Waals surface area contributed by atoms with Gasteiger partial charge in [0.05, 0.1) is 13.2 Å². The zero-order valence-corrected chi connectivity index (χ0v) is 11.6. The summed E-state index contributed by atoms with van der Waals surface area (Å²) in [7, 11) is 0. The summed E-state index contributed by atoms with van der Waals surface area (Å²) >= 11 is 1.76. The van der Waals surface area contributed by atoms with Gasteiger partial charge in [-0.2, -0.15) is 0 Å². The first-order chi connectivity index (χ1) is 8.70. The van der Waals surface area contributed by atoms with Gasteiger partial charge in [-0.1, -0.05) is 18.2 Å². The van der Waals surface area contributed by atoms with E-state index in [2.05, 4.69) is 17.5 Å². The number of hydrogen-bond donors (Lipinski definition) is 1. The van der Waals surface area contributed by atoms with Gasteiger partial charge in [0, 0.05) is 11.3 Å². The molecule has 1 heterocycles. The lowest BCUT2D eigenvalue weighted by atomic mass is 10.1. The Labute approximate surface area is 112 Å². The first kappa shape index (κ1) is 13.1. The van der Waals surface area contributed by atoms with Crippen molar-refractivity contribution in [2.24, 2.45) is 0 Å². The maximum Gasteiger partial charge on any atom is 0.125 e. The van der Waals surface area contributed by atoms with Gasteiger partial charge in [0.15, 0.2) is 0 Å². The van der Waals surface area contributed by atoms with Crippen molar-refractivity contribution in [3.8, 4) is 5.75 Å². The van der Waals surface area contributed by atoms with Gasteiger partial charge in [0.2, 0.25) is 0 Å². The minimum Gasteiger partial charge on any atom is -0.493 e. The predicted octanol–water partition coefficient (Wildman–Crippen LogP) is 3.48. The Morgan fingerprint density at radius 3 is 2.50 bits per heavy atom. The molecule has 18 heavy (non-hydrogen) atoms. The summed E-state index contributed by atoms with van der Waals surface area (Å²) in [6, 6.07) is 8.15. The largest absolute Gasteiger partial charge is 0.493 e. The van der Waals surface area contributed by atoms with Crippen LogP contribution in [0.25, 0.3) is 0 Å². The molecule has 1 aromatic heterocycles. The second kappa shape index (κ2) is 6.03. The highest BCUT2D eigenvalue weighted by Gasteiger charge is 2.06. The third-order valence-corrected chi connectivity index (χ3v) is 3.81. The summed E-state index contributed by atoms with van der Waals surface area (Å²) in [5.41, 5.74) is 3.12. The molecule has 0 aliphatic carbocycles. The van der Waals surface area contributed by atoms with Crippen molar-refractivity contribution in [1.29, 1.82) is 0 Å². The fourth-order valence-corrected chi connectivity index (χ4v) is 2.76. The van der Waals surface area contributed by atoms with Crippen LogP contribution in [0.4, 0.5) is 0 Å². The molecule has 3 heteroatoms. The zero-order chi connectivity index (χ0) is 13.0. The Morgan fingerprint density at radius 2 is 1.94 bits per heavy atom. The number of hydrogen-bond acceptors (Lipinski definition) is 3. The number of rotatable bonds is 5. The Bertz CT molecular complexity index is 480. The molecule has 2 rings (SSSR count). The highest BCUT2D eigenvalue weighted by Crippen LogP contribution is 2.25. The van der Waals surface area contributed by atoms with Crippen LogP contribution in [0.5, 0.6) is 5.75 Å². The summed E-state index contributed by atoms with van der Waals surface area (Å²) in [5.74, 6) is 0.948. The van der Waals surface area contributed by atoms with Gasteiger partial charge >= 0.3 is 0 Å². The number of aryl methyl sites for hydroxylation is 2. The van der Waals surface area contributed by atoms with Gasteiger partial charge in [0.25, 0.3) is 0 Å². The van der Waals surface area contributed by atoms with Crippen LogP contribution >= 0.6 is 11.3 Å². The Morgan fingerprint density at radius 1 is 1.22 bits per heavy atom. The lowest BCUT2D eigenvalue weighted by Gasteiger charge is -2.13. The molecule has 0 saturated carbocycles. The summed E-state index contributed by atoms with van der Waals surface area (Å²) in [6.45, 7) is 4.82. The van der Waals surface area contributed by atoms with E-state index in [1.165, 1.54) is 4.88 Å². The Balaban J connectivity index is 2.01. The van der Waals surface area contributed by atoms with Crippen molar-refractivity contribution >= 4 is 11.3 Å². The average molecular weight is 262 g/mol. The van der Waals surface area contributed by atoms with Crippen LogP contribution in [0.3, 0.4) is 0 Å². The lowest BCUT2D eigenvalue weighted by Crippen LogP contribution is -2.03. The van der Waals surface area contributed by atoms with Crippen molar-refractivity contribution in [1.82, 2.24) is 0 Å². The predicted molar refractivity (Wildman–Crippen MR) is 75.4 cm³/mol. The Kier molecular flexibility index (Phi) is 4.39. The first-order valence-corrected chi connectivity index (χ1v) is 6.95. The summed E-state index contributed by atoms with van der Waals surface area (Å²) in [5, 5.41) is 11.2. The van der Waals surface area contributed by atoms with Crippen LogP contribution in [0.1, 0.15) is 21.6 Å². The maximum absolute atomic E-state index is 9.14. The molecule has 0 unspecified atom stereocenters. The highest BCUT2D eigenvalue weighted by atomic mass is 32.1. The van der Waals surface area contributed by atoms with E-state index in [0.717, 1.165) is 28.9 Å². The molecule has 1 N–H and O–H groups in total. The fraction of sp³-hybridized carbons (Fsp3) is 0.333. The molecule has 1 aromatic carbocycles. The van der Waals surface area contributed by atoms with Crippen LogP contribution in [0.15, 0.2) is 29.6 Å². The molecule has 0 saturated heterocycles. The van der Waals surface area contributed by atoms with Crippen molar-refractivity contribution in [3.63, 3.8) is 0 Å². The van der Waals surface area contributed by atoms with Gasteiger partial charge in [-0.05, 0) is 42.0 Å². The molecule has 0 aliphatic heterocycles. The molecular weight excluding hydrogens is 244 g/mol. The molecule has 0 atom stereocenters. The second-order valence-electron chi connectivity index (χ2n) is 4.39. The van der Waals surface area contributed by atoms with Crippen LogP contribution in [-0.4, -0.2) is 11.7 Å². The first-order valence-electron chi connectivity index (χ1n) is 6.07. The number of thiophene rings is 1. The van der Waals surface area contributed by atoms with Gasteiger partial charge in [-0.15, -0.1) is 11.3 Å². The minimum absolute atomic E-state index is 0.0805. The molecule has 96 valence electrons. The van der Waals surface area contributed by atoms with E-state index in [9.17, 15) is 0 Å². The number of ether oxygens (including phenoxy) is 1. The minimum atomic E-state index is 0.0805. The Hall–Kier alpha value is -1.32. The fourth-order valence-electron chi connectivity index (χ4n) is 2.07. The third-order valence-electron chi connectivity index (χ3n) is 2.88. The maximum atomic E-state index is 9.14. The van der Waals surface area contributed by atoms with Crippen LogP contribution in [0, 0.1) is 13.8 Å². The number of aliphatic hydroxyl groups excluding tert-OH is 1. The van der Waals surface area contributed by atoms with E-state index in [4.69, 9.17) is 9.84 Å². The van der Waals surface area contributed by atoms with Crippen molar-refractivity contribution in [2.75, 3.05) is 6.61 Å². The standard InChI is InChI=1S/C15H18O2S/c1-11-8-13(10-16)9-12(2)15(11)17-6-5-14-4-3-7-18-14/h3-4,7-9,16H,5-6,10H2,1-2H3. The molecular formula is C15H18O2S. The second-order valence-corrected chi connectivity index (χ2v) is 5.43. The van der Waals surface area contributed by atoms with Crippen LogP contribution < -0.4 is 4.74 Å². The zero-order valence-electron chi connectivity index (χ0n) is 10.8. The molecule has 0 fully saturated rings. The normalized spacial score (nSPS) is 10.6. The molecule has 2 nitrogen and oxygen atoms in total. The SMILES string of the molecule is Cc1cc(CO)cc(C)c1OCCc1cccs1. The van der Waals surface area contributed by atoms with Crippen LogP contribution in [-0.2, 0) is 13.0 Å². The van der Waals surface area contributed by atoms with Gasteiger partial charge < -0.3 is 9.84 Å². The summed E-state index contributed by atoms with van der Waals surface area (Å²) < 4.78 is 5.87. The molecule has 0 spiro atoms. The van der Waals surface area contributed by atoms with Gasteiger partial charge in [0.1, 0.15) is 5.75 Å². The van der Waals surface area contributed by atoms with Crippen molar-refractivity contribution < 1.29 is 9.84 Å². The van der Waals surface area contributed by atoms with E-state index >= 15 is 0 Å². The van der Waals surface area contributed by atoms with E-state index in [1.54, 1.807) is 11.3 Å². The molecule has 2 aromatic rings. The molecule has 0 radical (unpaired) electrons. The van der Waals surface area contributed by atoms with E-state index in [0.29, 0.717) is 6.61 Å². The van der Waals surface area contributed by atoms with Gasteiger partial charge in [-0.25, -0.2) is 0 Å². The summed E-state index contributed by atoms with van der Waals surface area (Å²) in [4.78, 5) is 1.34. The number of aliphatic hydroxyl groups is 1. The summed E-state index contributed by atoms with van der Waals surface area (Å²) in [6.07, 6.45) is 0.943. The van der Waals surface area contributed by atoms with Crippen LogP contribution in [0.2, 0.25) is 0 Å². The smallest absolute Gasteiger partial charge is 0.125 e. The number of benzene rings is 1. The van der Waals surface area contributed by atoms with Crippen molar-refractivity contribution in [3.05, 3.63) is 51.2 Å². The lowest BCUT2D eigenvalue weighted by molar-refractivity contribution is 0.280. The van der Waals surface area contributed by atoms with Gasteiger partial charge in [-0.3, -0.25) is 0 Å². The van der Waals surface area contributed by atoms with E-state index in [1.807, 2.05) is 26.0 Å².